The van der Waals surface area contributed by atoms with Gasteiger partial charge in [0.2, 0.25) is 0 Å². The second-order valence-electron chi connectivity index (χ2n) is 7.81. The molecule has 0 radical (unpaired) electrons. The second kappa shape index (κ2) is 16.2. The van der Waals surface area contributed by atoms with Crippen LogP contribution in [0.1, 0.15) is 52.5 Å². The third kappa shape index (κ3) is 14.4. The standard InChI is InChI=1S/C22H38N4O3.HI/c1-6-23-20(24-15-8-7-9-17-28-5)25-16-14-18-10-12-19(13-11-18)26-21(27)29-22(2,3)4;/h10-13H,6-9,14-17H2,1-5H3,(H,26,27)(H2,23,24,25);1H. The number of hydrogen-bond donors (Lipinski definition) is 3. The number of rotatable bonds is 11. The lowest BCUT2D eigenvalue weighted by atomic mass is 10.1. The first-order valence-electron chi connectivity index (χ1n) is 10.4. The fraction of sp³-hybridized carbons (Fsp3) is 0.636. The lowest BCUT2D eigenvalue weighted by molar-refractivity contribution is 0.0636. The van der Waals surface area contributed by atoms with E-state index in [0.29, 0.717) is 0 Å². The van der Waals surface area contributed by atoms with Gasteiger partial charge in [-0.25, -0.2) is 4.79 Å². The van der Waals surface area contributed by atoms with Crippen molar-refractivity contribution in [3.8, 4) is 0 Å². The van der Waals surface area contributed by atoms with Gasteiger partial charge >= 0.3 is 6.09 Å². The average molecular weight is 534 g/mol. The topological polar surface area (TPSA) is 84.0 Å². The number of halogens is 1. The molecule has 1 aromatic carbocycles. The highest BCUT2D eigenvalue weighted by atomic mass is 127. The zero-order chi connectivity index (χ0) is 21.5. The van der Waals surface area contributed by atoms with E-state index in [0.717, 1.165) is 63.6 Å². The van der Waals surface area contributed by atoms with Crippen LogP contribution in [0.5, 0.6) is 0 Å². The first-order chi connectivity index (χ1) is 13.8. The SMILES string of the molecule is CCNC(=NCCCCCOC)NCCc1ccc(NC(=O)OC(C)(C)C)cc1.I. The molecule has 1 aromatic rings. The number of nitrogens with one attached hydrogen (secondary N) is 3. The molecule has 0 bridgehead atoms. The molecule has 0 unspecified atom stereocenters. The molecule has 0 saturated carbocycles. The number of nitrogens with zero attached hydrogens (tertiary/aromatic N) is 1. The van der Waals surface area contributed by atoms with Crippen molar-refractivity contribution >= 4 is 41.7 Å². The van der Waals surface area contributed by atoms with Crippen molar-refractivity contribution in [2.24, 2.45) is 4.99 Å². The summed E-state index contributed by atoms with van der Waals surface area (Å²) in [5.41, 5.74) is 1.40. The first-order valence-corrected chi connectivity index (χ1v) is 10.4. The Morgan fingerprint density at radius 2 is 1.77 bits per heavy atom. The largest absolute Gasteiger partial charge is 0.444 e. The fourth-order valence-corrected chi connectivity index (χ4v) is 2.57. The Morgan fingerprint density at radius 3 is 2.37 bits per heavy atom. The summed E-state index contributed by atoms with van der Waals surface area (Å²) in [4.78, 5) is 16.4. The van der Waals surface area contributed by atoms with Crippen molar-refractivity contribution in [3.63, 3.8) is 0 Å². The number of hydrogen-bond acceptors (Lipinski definition) is 4. The van der Waals surface area contributed by atoms with E-state index < -0.39 is 11.7 Å². The van der Waals surface area contributed by atoms with Gasteiger partial charge in [0.1, 0.15) is 5.60 Å². The van der Waals surface area contributed by atoms with E-state index in [4.69, 9.17) is 9.47 Å². The number of benzene rings is 1. The number of methoxy groups -OCH3 is 1. The maximum Gasteiger partial charge on any atom is 0.412 e. The van der Waals surface area contributed by atoms with E-state index in [2.05, 4.69) is 27.9 Å². The van der Waals surface area contributed by atoms with Crippen LogP contribution >= 0.6 is 24.0 Å². The minimum Gasteiger partial charge on any atom is -0.444 e. The van der Waals surface area contributed by atoms with E-state index in [1.54, 1.807) is 7.11 Å². The molecular formula is C22H39IN4O3. The lowest BCUT2D eigenvalue weighted by Gasteiger charge is -2.19. The van der Waals surface area contributed by atoms with Crippen molar-refractivity contribution in [1.82, 2.24) is 10.6 Å². The Labute approximate surface area is 198 Å². The summed E-state index contributed by atoms with van der Waals surface area (Å²) in [6.45, 7) is 10.8. The maximum atomic E-state index is 11.8. The molecule has 0 aliphatic rings. The van der Waals surface area contributed by atoms with Crippen LogP contribution in [0.2, 0.25) is 0 Å². The molecule has 0 aliphatic carbocycles. The van der Waals surface area contributed by atoms with E-state index in [9.17, 15) is 4.79 Å². The smallest absolute Gasteiger partial charge is 0.412 e. The summed E-state index contributed by atoms with van der Waals surface area (Å²) in [5, 5.41) is 9.39. The summed E-state index contributed by atoms with van der Waals surface area (Å²) < 4.78 is 10.3. The quantitative estimate of drug-likeness (QED) is 0.168. The zero-order valence-corrected chi connectivity index (χ0v) is 21.4. The van der Waals surface area contributed by atoms with Crippen molar-refractivity contribution in [2.45, 2.75) is 59.0 Å². The van der Waals surface area contributed by atoms with Gasteiger partial charge in [0.15, 0.2) is 5.96 Å². The second-order valence-corrected chi connectivity index (χ2v) is 7.81. The molecule has 172 valence electrons. The number of aliphatic imine (C=N–C) groups is 1. The number of unbranched alkanes of at least 4 members (excludes halogenated alkanes) is 2. The third-order valence-corrected chi connectivity index (χ3v) is 3.93. The molecule has 7 nitrogen and oxygen atoms in total. The highest BCUT2D eigenvalue weighted by molar-refractivity contribution is 14.0. The van der Waals surface area contributed by atoms with Crippen LogP contribution in [-0.2, 0) is 15.9 Å². The highest BCUT2D eigenvalue weighted by Gasteiger charge is 2.16. The van der Waals surface area contributed by atoms with Gasteiger partial charge in [0.05, 0.1) is 0 Å². The molecule has 0 saturated heterocycles. The molecule has 1 rings (SSSR count). The van der Waals surface area contributed by atoms with Crippen LogP contribution in [0, 0.1) is 0 Å². The molecule has 0 aromatic heterocycles. The number of ether oxygens (including phenoxy) is 2. The molecule has 3 N–H and O–H groups in total. The third-order valence-electron chi connectivity index (χ3n) is 3.93. The minimum absolute atomic E-state index is 0. The molecule has 0 fully saturated rings. The van der Waals surface area contributed by atoms with Gasteiger partial charge < -0.3 is 20.1 Å². The van der Waals surface area contributed by atoms with Crippen molar-refractivity contribution in [2.75, 3.05) is 38.7 Å². The number of carbonyl (C=O) groups excluding carboxylic acids is 1. The normalized spacial score (nSPS) is 11.4. The monoisotopic (exact) mass is 534 g/mol. The van der Waals surface area contributed by atoms with Crippen LogP contribution < -0.4 is 16.0 Å². The predicted octanol–water partition coefficient (Wildman–Crippen LogP) is 4.57. The van der Waals surface area contributed by atoms with Gasteiger partial charge in [-0.1, -0.05) is 12.1 Å². The van der Waals surface area contributed by atoms with Crippen LogP contribution in [0.25, 0.3) is 0 Å². The number of carbonyl (C=O) groups is 1. The zero-order valence-electron chi connectivity index (χ0n) is 19.0. The molecule has 8 heteroatoms. The van der Waals surface area contributed by atoms with Crippen LogP contribution in [0.4, 0.5) is 10.5 Å². The lowest BCUT2D eigenvalue weighted by Crippen LogP contribution is -2.38. The summed E-state index contributed by atoms with van der Waals surface area (Å²) in [6, 6.07) is 7.79. The van der Waals surface area contributed by atoms with Crippen LogP contribution in [0.15, 0.2) is 29.3 Å². The Kier molecular flexibility index (Phi) is 15.3. The van der Waals surface area contributed by atoms with Crippen molar-refractivity contribution in [3.05, 3.63) is 29.8 Å². The molecule has 1 amide bonds. The van der Waals surface area contributed by atoms with Crippen LogP contribution in [-0.4, -0.2) is 51.0 Å². The number of anilines is 1. The number of amides is 1. The number of guanidine groups is 1. The highest BCUT2D eigenvalue weighted by Crippen LogP contribution is 2.13. The molecule has 0 heterocycles. The molecule has 0 atom stereocenters. The Balaban J connectivity index is 0.00000841. The average Bonchev–Trinajstić information content (AvgIpc) is 2.64. The minimum atomic E-state index is -0.509. The van der Waals surface area contributed by atoms with E-state index in [1.807, 2.05) is 45.0 Å². The summed E-state index contributed by atoms with van der Waals surface area (Å²) in [7, 11) is 1.73. The Bertz CT molecular complexity index is 616. The fourth-order valence-electron chi connectivity index (χ4n) is 2.57. The molecule has 0 spiro atoms. The Morgan fingerprint density at radius 1 is 1.07 bits per heavy atom. The van der Waals surface area contributed by atoms with Crippen molar-refractivity contribution < 1.29 is 14.3 Å². The predicted molar refractivity (Wildman–Crippen MR) is 135 cm³/mol. The summed E-state index contributed by atoms with van der Waals surface area (Å²) in [5.74, 6) is 0.849. The van der Waals surface area contributed by atoms with E-state index in [-0.39, 0.29) is 24.0 Å². The molecule has 30 heavy (non-hydrogen) atoms. The molecular weight excluding hydrogens is 495 g/mol. The van der Waals surface area contributed by atoms with Gasteiger partial charge in [-0.05, 0) is 71.1 Å². The van der Waals surface area contributed by atoms with Gasteiger partial charge in [0, 0.05) is 39.0 Å². The summed E-state index contributed by atoms with van der Waals surface area (Å²) in [6.07, 6.45) is 3.69. The van der Waals surface area contributed by atoms with Crippen LogP contribution in [0.3, 0.4) is 0 Å². The maximum absolute atomic E-state index is 11.8. The van der Waals surface area contributed by atoms with Gasteiger partial charge in [0.25, 0.3) is 0 Å². The van der Waals surface area contributed by atoms with E-state index in [1.165, 1.54) is 5.56 Å². The van der Waals surface area contributed by atoms with Gasteiger partial charge in [-0.15, -0.1) is 24.0 Å². The van der Waals surface area contributed by atoms with Gasteiger partial charge in [-0.2, -0.15) is 0 Å². The van der Waals surface area contributed by atoms with Crippen molar-refractivity contribution in [1.29, 1.82) is 0 Å². The van der Waals surface area contributed by atoms with E-state index >= 15 is 0 Å². The summed E-state index contributed by atoms with van der Waals surface area (Å²) >= 11 is 0. The Hall–Kier alpha value is -1.55. The first kappa shape index (κ1) is 28.5. The molecule has 0 aliphatic heterocycles. The van der Waals surface area contributed by atoms with Gasteiger partial charge in [-0.3, -0.25) is 10.3 Å².